The summed E-state index contributed by atoms with van der Waals surface area (Å²) in [4.78, 5) is 20.0. The number of carbonyl (C=O) groups is 1. The average Bonchev–Trinajstić information content (AvgIpc) is 2.86. The van der Waals surface area contributed by atoms with Crippen LogP contribution in [0.5, 0.6) is 0 Å². The Balaban J connectivity index is 1.17. The van der Waals surface area contributed by atoms with Gasteiger partial charge in [-0.1, -0.05) is 48.5 Å². The first-order chi connectivity index (χ1) is 16.1. The van der Waals surface area contributed by atoms with Gasteiger partial charge in [0.2, 0.25) is 0 Å². The summed E-state index contributed by atoms with van der Waals surface area (Å²) in [5.74, 6) is 0.147. The van der Waals surface area contributed by atoms with E-state index >= 15 is 0 Å². The second-order valence-electron chi connectivity index (χ2n) is 9.42. The molecule has 4 heteroatoms. The fourth-order valence-electron chi connectivity index (χ4n) is 5.11. The number of nitrogens with zero attached hydrogens (tertiary/aromatic N) is 3. The van der Waals surface area contributed by atoms with Crippen LogP contribution < -0.4 is 4.90 Å². The van der Waals surface area contributed by atoms with Crippen molar-refractivity contribution in [3.8, 4) is 0 Å². The van der Waals surface area contributed by atoms with Gasteiger partial charge in [0.05, 0.1) is 0 Å². The van der Waals surface area contributed by atoms with E-state index in [0.29, 0.717) is 0 Å². The number of benzene rings is 3. The molecule has 4 nitrogen and oxygen atoms in total. The minimum Gasteiger partial charge on any atom is -0.368 e. The molecule has 1 saturated heterocycles. The molecule has 0 unspecified atom stereocenters. The van der Waals surface area contributed by atoms with Gasteiger partial charge in [-0.05, 0) is 66.3 Å². The molecule has 3 aromatic rings. The summed E-state index contributed by atoms with van der Waals surface area (Å²) in [6.07, 6.45) is 1.11. The van der Waals surface area contributed by atoms with Crippen molar-refractivity contribution < 1.29 is 4.79 Å². The van der Waals surface area contributed by atoms with E-state index in [-0.39, 0.29) is 5.91 Å². The predicted molar refractivity (Wildman–Crippen MR) is 135 cm³/mol. The van der Waals surface area contributed by atoms with Crippen molar-refractivity contribution in [2.24, 2.45) is 0 Å². The smallest absolute Gasteiger partial charge is 0.253 e. The van der Waals surface area contributed by atoms with Gasteiger partial charge in [-0.3, -0.25) is 9.69 Å². The first kappa shape index (κ1) is 21.7. The van der Waals surface area contributed by atoms with Crippen LogP contribution in [0.3, 0.4) is 0 Å². The largest absolute Gasteiger partial charge is 0.368 e. The van der Waals surface area contributed by atoms with Gasteiger partial charge in [0, 0.05) is 57.1 Å². The summed E-state index contributed by atoms with van der Waals surface area (Å²) in [6, 6.07) is 23.5. The van der Waals surface area contributed by atoms with Gasteiger partial charge in [0.15, 0.2) is 0 Å². The first-order valence-corrected chi connectivity index (χ1v) is 12.1. The number of hydrogen-bond acceptors (Lipinski definition) is 3. The van der Waals surface area contributed by atoms with Crippen LogP contribution in [-0.4, -0.2) is 48.4 Å². The molecule has 1 fully saturated rings. The lowest BCUT2D eigenvalue weighted by Crippen LogP contribution is -2.49. The highest BCUT2D eigenvalue weighted by Crippen LogP contribution is 2.25. The van der Waals surface area contributed by atoms with Crippen LogP contribution in [0.25, 0.3) is 0 Å². The lowest BCUT2D eigenvalue weighted by molar-refractivity contribution is 0.0746. The molecule has 5 rings (SSSR count). The summed E-state index contributed by atoms with van der Waals surface area (Å²) >= 11 is 0. The maximum Gasteiger partial charge on any atom is 0.253 e. The van der Waals surface area contributed by atoms with Gasteiger partial charge in [-0.25, -0.2) is 0 Å². The number of carbonyl (C=O) groups excluding carboxylic acids is 1. The van der Waals surface area contributed by atoms with Gasteiger partial charge < -0.3 is 9.80 Å². The zero-order valence-electron chi connectivity index (χ0n) is 19.8. The number of piperazine rings is 1. The molecule has 2 aliphatic heterocycles. The van der Waals surface area contributed by atoms with E-state index in [4.69, 9.17) is 0 Å². The van der Waals surface area contributed by atoms with Crippen LogP contribution >= 0.6 is 0 Å². The maximum absolute atomic E-state index is 13.1. The van der Waals surface area contributed by atoms with Gasteiger partial charge in [0.25, 0.3) is 5.91 Å². The highest BCUT2D eigenvalue weighted by atomic mass is 16.2. The first-order valence-electron chi connectivity index (χ1n) is 12.1. The van der Waals surface area contributed by atoms with Crippen molar-refractivity contribution in [1.82, 2.24) is 9.80 Å². The molecule has 33 heavy (non-hydrogen) atoms. The van der Waals surface area contributed by atoms with E-state index < -0.39 is 0 Å². The molecule has 0 N–H and O–H groups in total. The fourth-order valence-corrected chi connectivity index (χ4v) is 5.11. The summed E-state index contributed by atoms with van der Waals surface area (Å²) in [7, 11) is 0. The van der Waals surface area contributed by atoms with Gasteiger partial charge >= 0.3 is 0 Å². The van der Waals surface area contributed by atoms with Crippen molar-refractivity contribution >= 4 is 11.6 Å². The van der Waals surface area contributed by atoms with E-state index in [1.165, 1.54) is 33.5 Å². The highest BCUT2D eigenvalue weighted by Gasteiger charge is 2.23. The molecule has 0 aromatic heterocycles. The third kappa shape index (κ3) is 4.67. The van der Waals surface area contributed by atoms with Crippen LogP contribution in [0.15, 0.2) is 66.7 Å². The quantitative estimate of drug-likeness (QED) is 0.583. The second-order valence-corrected chi connectivity index (χ2v) is 9.42. The summed E-state index contributed by atoms with van der Waals surface area (Å²) < 4.78 is 0. The molecular weight excluding hydrogens is 406 g/mol. The third-order valence-electron chi connectivity index (χ3n) is 7.30. The number of amides is 1. The zero-order valence-corrected chi connectivity index (χ0v) is 19.8. The highest BCUT2D eigenvalue weighted by molar-refractivity contribution is 5.94. The monoisotopic (exact) mass is 439 g/mol. The topological polar surface area (TPSA) is 26.8 Å². The predicted octanol–water partition coefficient (Wildman–Crippen LogP) is 4.82. The van der Waals surface area contributed by atoms with E-state index in [9.17, 15) is 4.79 Å². The maximum atomic E-state index is 13.1. The van der Waals surface area contributed by atoms with Crippen molar-refractivity contribution in [3.05, 3.63) is 100 Å². The van der Waals surface area contributed by atoms with E-state index in [1.54, 1.807) is 0 Å². The molecule has 0 saturated carbocycles. The average molecular weight is 440 g/mol. The van der Waals surface area contributed by atoms with Gasteiger partial charge in [0.1, 0.15) is 0 Å². The van der Waals surface area contributed by atoms with Crippen LogP contribution in [0, 0.1) is 13.8 Å². The minimum atomic E-state index is 0.147. The molecular formula is C29H33N3O. The van der Waals surface area contributed by atoms with Crippen molar-refractivity contribution in [3.63, 3.8) is 0 Å². The van der Waals surface area contributed by atoms with Crippen LogP contribution in [0.2, 0.25) is 0 Å². The van der Waals surface area contributed by atoms with E-state index in [1.807, 2.05) is 17.0 Å². The Morgan fingerprint density at radius 1 is 0.788 bits per heavy atom. The Labute approximate surface area is 197 Å². The molecule has 0 atom stereocenters. The number of rotatable bonds is 4. The van der Waals surface area contributed by atoms with Crippen LogP contribution in [-0.2, 0) is 19.5 Å². The third-order valence-corrected chi connectivity index (χ3v) is 7.30. The molecule has 3 aromatic carbocycles. The molecule has 0 bridgehead atoms. The SMILES string of the molecule is Cc1cccc(N2CCN(C(=O)c3ccc(CN4CCc5ccccc5C4)cc3)CC2)c1C. The number of anilines is 1. The summed E-state index contributed by atoms with van der Waals surface area (Å²) in [5, 5.41) is 0. The molecule has 1 amide bonds. The van der Waals surface area contributed by atoms with Crippen molar-refractivity contribution in [2.45, 2.75) is 33.4 Å². The van der Waals surface area contributed by atoms with Crippen molar-refractivity contribution in [1.29, 1.82) is 0 Å². The Morgan fingerprint density at radius 2 is 1.52 bits per heavy atom. The molecule has 0 aliphatic carbocycles. The minimum absolute atomic E-state index is 0.147. The lowest BCUT2D eigenvalue weighted by Gasteiger charge is -2.37. The number of fused-ring (bicyclic) bond motifs is 1. The summed E-state index contributed by atoms with van der Waals surface area (Å²) in [6.45, 7) is 10.7. The number of hydrogen-bond donors (Lipinski definition) is 0. The Morgan fingerprint density at radius 3 is 2.27 bits per heavy atom. The normalized spacial score (nSPS) is 16.5. The molecule has 2 aliphatic rings. The van der Waals surface area contributed by atoms with Gasteiger partial charge in [-0.15, -0.1) is 0 Å². The zero-order chi connectivity index (χ0) is 22.8. The van der Waals surface area contributed by atoms with Crippen LogP contribution in [0.4, 0.5) is 5.69 Å². The lowest BCUT2D eigenvalue weighted by atomic mass is 9.99. The Bertz CT molecular complexity index is 1130. The molecule has 0 radical (unpaired) electrons. The molecule has 170 valence electrons. The van der Waals surface area contributed by atoms with E-state index in [0.717, 1.165) is 57.8 Å². The molecule has 0 spiro atoms. The summed E-state index contributed by atoms with van der Waals surface area (Å²) in [5.41, 5.74) is 8.94. The fraction of sp³-hybridized carbons (Fsp3) is 0.345. The standard InChI is InChI=1S/C29H33N3O/c1-22-6-5-9-28(23(22)2)31-16-18-32(19-17-31)29(33)26-12-10-24(11-13-26)20-30-15-14-25-7-3-4-8-27(25)21-30/h3-13H,14-21H2,1-2H3. The molecule has 2 heterocycles. The second kappa shape index (κ2) is 9.40. The Hall–Kier alpha value is -3.11. The number of aryl methyl sites for hydroxylation is 1. The van der Waals surface area contributed by atoms with E-state index in [2.05, 4.69) is 78.2 Å². The Kier molecular flexibility index (Phi) is 6.19. The van der Waals surface area contributed by atoms with Crippen molar-refractivity contribution in [2.75, 3.05) is 37.6 Å². The van der Waals surface area contributed by atoms with Gasteiger partial charge in [-0.2, -0.15) is 0 Å². The van der Waals surface area contributed by atoms with Crippen LogP contribution in [0.1, 0.15) is 38.2 Å².